The van der Waals surface area contributed by atoms with Crippen molar-refractivity contribution in [3.63, 3.8) is 0 Å². The zero-order chi connectivity index (χ0) is 12.5. The predicted molar refractivity (Wildman–Crippen MR) is 67.7 cm³/mol. The van der Waals surface area contributed by atoms with Crippen LogP contribution >= 0.6 is 0 Å². The third-order valence-electron chi connectivity index (χ3n) is 3.31. The Morgan fingerprint density at radius 1 is 1.47 bits per heavy atom. The molecule has 0 amide bonds. The lowest BCUT2D eigenvalue weighted by Crippen LogP contribution is -2.34. The van der Waals surface area contributed by atoms with Crippen LogP contribution in [-0.2, 0) is 16.9 Å². The van der Waals surface area contributed by atoms with Gasteiger partial charge in [-0.1, -0.05) is 6.42 Å². The second-order valence-electron chi connectivity index (χ2n) is 4.86. The summed E-state index contributed by atoms with van der Waals surface area (Å²) in [6.07, 6.45) is 8.51. The van der Waals surface area contributed by atoms with Crippen LogP contribution in [0.1, 0.15) is 25.7 Å². The van der Waals surface area contributed by atoms with Gasteiger partial charge in [0.05, 0.1) is 17.1 Å². The molecular weight excluding hydrogens is 238 g/mol. The number of nitrogens with one attached hydrogen (secondary N) is 1. The fourth-order valence-electron chi connectivity index (χ4n) is 2.40. The third-order valence-corrected chi connectivity index (χ3v) is 4.95. The number of anilines is 1. The molecule has 0 radical (unpaired) electrons. The summed E-state index contributed by atoms with van der Waals surface area (Å²) in [5, 5.41) is 7.25. The van der Waals surface area contributed by atoms with Crippen LogP contribution in [0.2, 0.25) is 0 Å². The van der Waals surface area contributed by atoms with Gasteiger partial charge in [0.2, 0.25) is 0 Å². The molecule has 2 rings (SSSR count). The number of aryl methyl sites for hydroxylation is 1. The van der Waals surface area contributed by atoms with Gasteiger partial charge in [-0.05, 0) is 19.3 Å². The van der Waals surface area contributed by atoms with Gasteiger partial charge in [0.25, 0.3) is 0 Å². The SMILES string of the molecule is Cn1cc(NC2CCCC(S(C)(=O)=O)C2)cn1. The summed E-state index contributed by atoms with van der Waals surface area (Å²) in [6.45, 7) is 0. The van der Waals surface area contributed by atoms with E-state index in [1.807, 2.05) is 13.2 Å². The molecule has 6 heteroatoms. The molecule has 1 heterocycles. The molecule has 0 saturated heterocycles. The number of aromatic nitrogens is 2. The number of sulfone groups is 1. The van der Waals surface area contributed by atoms with E-state index in [0.717, 1.165) is 24.9 Å². The largest absolute Gasteiger partial charge is 0.380 e. The van der Waals surface area contributed by atoms with E-state index in [4.69, 9.17) is 0 Å². The van der Waals surface area contributed by atoms with Crippen molar-refractivity contribution in [3.05, 3.63) is 12.4 Å². The first-order chi connectivity index (χ1) is 7.95. The Labute approximate surface area is 102 Å². The van der Waals surface area contributed by atoms with Crippen molar-refractivity contribution in [2.45, 2.75) is 37.0 Å². The Balaban J connectivity index is 1.98. The van der Waals surface area contributed by atoms with Crippen molar-refractivity contribution in [1.29, 1.82) is 0 Å². The van der Waals surface area contributed by atoms with Crippen molar-refractivity contribution in [2.75, 3.05) is 11.6 Å². The Hall–Kier alpha value is -1.04. The van der Waals surface area contributed by atoms with Gasteiger partial charge < -0.3 is 5.32 Å². The van der Waals surface area contributed by atoms with Crippen LogP contribution in [0.5, 0.6) is 0 Å². The maximum Gasteiger partial charge on any atom is 0.150 e. The summed E-state index contributed by atoms with van der Waals surface area (Å²) in [7, 11) is -1.04. The van der Waals surface area contributed by atoms with Gasteiger partial charge in [0.1, 0.15) is 9.84 Å². The molecule has 0 aliphatic heterocycles. The van der Waals surface area contributed by atoms with Gasteiger partial charge in [-0.25, -0.2) is 8.42 Å². The van der Waals surface area contributed by atoms with Crippen molar-refractivity contribution in [2.24, 2.45) is 7.05 Å². The van der Waals surface area contributed by atoms with E-state index in [2.05, 4.69) is 10.4 Å². The maximum atomic E-state index is 11.5. The number of hydrogen-bond donors (Lipinski definition) is 1. The molecule has 1 N–H and O–H groups in total. The second-order valence-corrected chi connectivity index (χ2v) is 7.19. The number of rotatable bonds is 3. The monoisotopic (exact) mass is 257 g/mol. The molecule has 17 heavy (non-hydrogen) atoms. The van der Waals surface area contributed by atoms with Gasteiger partial charge in [0, 0.05) is 25.5 Å². The van der Waals surface area contributed by atoms with Crippen molar-refractivity contribution in [1.82, 2.24) is 9.78 Å². The van der Waals surface area contributed by atoms with Gasteiger partial charge in [-0.3, -0.25) is 4.68 Å². The quantitative estimate of drug-likeness (QED) is 0.883. The van der Waals surface area contributed by atoms with Gasteiger partial charge in [-0.2, -0.15) is 5.10 Å². The Morgan fingerprint density at radius 2 is 2.24 bits per heavy atom. The summed E-state index contributed by atoms with van der Waals surface area (Å²) in [4.78, 5) is 0. The average molecular weight is 257 g/mol. The highest BCUT2D eigenvalue weighted by Gasteiger charge is 2.28. The molecule has 96 valence electrons. The predicted octanol–water partition coefficient (Wildman–Crippen LogP) is 1.19. The molecule has 1 aliphatic carbocycles. The molecule has 0 aromatic carbocycles. The van der Waals surface area contributed by atoms with Gasteiger partial charge >= 0.3 is 0 Å². The molecule has 2 unspecified atom stereocenters. The first-order valence-corrected chi connectivity index (χ1v) is 7.84. The minimum Gasteiger partial charge on any atom is -0.380 e. The fourth-order valence-corrected chi connectivity index (χ4v) is 3.57. The van der Waals surface area contributed by atoms with Gasteiger partial charge in [-0.15, -0.1) is 0 Å². The second kappa shape index (κ2) is 4.68. The number of nitrogens with zero attached hydrogens (tertiary/aromatic N) is 2. The fraction of sp³-hybridized carbons (Fsp3) is 0.727. The lowest BCUT2D eigenvalue weighted by Gasteiger charge is -2.28. The van der Waals surface area contributed by atoms with E-state index in [9.17, 15) is 8.42 Å². The minimum atomic E-state index is -2.91. The molecule has 1 fully saturated rings. The van der Waals surface area contributed by atoms with Crippen molar-refractivity contribution in [3.8, 4) is 0 Å². The first kappa shape index (κ1) is 12.4. The van der Waals surface area contributed by atoms with E-state index < -0.39 is 9.84 Å². The molecule has 1 aromatic heterocycles. The Bertz CT molecular complexity index is 481. The molecule has 2 atom stereocenters. The smallest absolute Gasteiger partial charge is 0.150 e. The molecule has 5 nitrogen and oxygen atoms in total. The zero-order valence-corrected chi connectivity index (χ0v) is 11.1. The topological polar surface area (TPSA) is 64.0 Å². The Kier molecular flexibility index (Phi) is 3.42. The highest BCUT2D eigenvalue weighted by atomic mass is 32.2. The molecule has 0 spiro atoms. The highest BCUT2D eigenvalue weighted by molar-refractivity contribution is 7.91. The number of hydrogen-bond acceptors (Lipinski definition) is 4. The minimum absolute atomic E-state index is 0.189. The molecule has 1 saturated carbocycles. The summed E-state index contributed by atoms with van der Waals surface area (Å²) < 4.78 is 24.8. The summed E-state index contributed by atoms with van der Waals surface area (Å²) in [5.41, 5.74) is 0.964. The van der Waals surface area contributed by atoms with Crippen LogP contribution in [0.25, 0.3) is 0 Å². The maximum absolute atomic E-state index is 11.5. The summed E-state index contributed by atoms with van der Waals surface area (Å²) in [6, 6.07) is 0.243. The standard InChI is InChI=1S/C11H19N3O2S/c1-14-8-10(7-12-14)13-9-4-3-5-11(6-9)17(2,15)16/h7-9,11,13H,3-6H2,1-2H3. The normalized spacial score (nSPS) is 25.8. The molecular formula is C11H19N3O2S. The van der Waals surface area contributed by atoms with Crippen LogP contribution in [0, 0.1) is 0 Å². The van der Waals surface area contributed by atoms with E-state index in [1.54, 1.807) is 10.9 Å². The molecule has 1 aliphatic rings. The van der Waals surface area contributed by atoms with Crippen LogP contribution in [0.3, 0.4) is 0 Å². The molecule has 1 aromatic rings. The third kappa shape index (κ3) is 3.21. The zero-order valence-electron chi connectivity index (χ0n) is 10.3. The first-order valence-electron chi connectivity index (χ1n) is 5.89. The highest BCUT2D eigenvalue weighted by Crippen LogP contribution is 2.26. The summed E-state index contributed by atoms with van der Waals surface area (Å²) in [5.74, 6) is 0. The summed E-state index contributed by atoms with van der Waals surface area (Å²) >= 11 is 0. The van der Waals surface area contributed by atoms with E-state index >= 15 is 0 Å². The average Bonchev–Trinajstić information content (AvgIpc) is 2.63. The van der Waals surface area contributed by atoms with Crippen molar-refractivity contribution < 1.29 is 8.42 Å². The van der Waals surface area contributed by atoms with Crippen LogP contribution in [0.15, 0.2) is 12.4 Å². The molecule has 0 bridgehead atoms. The van der Waals surface area contributed by atoms with E-state index in [0.29, 0.717) is 6.42 Å². The van der Waals surface area contributed by atoms with Crippen LogP contribution in [0.4, 0.5) is 5.69 Å². The van der Waals surface area contributed by atoms with Crippen LogP contribution in [-0.4, -0.2) is 35.7 Å². The lowest BCUT2D eigenvalue weighted by molar-refractivity contribution is 0.453. The Morgan fingerprint density at radius 3 is 2.82 bits per heavy atom. The van der Waals surface area contributed by atoms with Gasteiger partial charge in [0.15, 0.2) is 0 Å². The van der Waals surface area contributed by atoms with E-state index in [1.165, 1.54) is 6.26 Å². The van der Waals surface area contributed by atoms with Crippen LogP contribution < -0.4 is 5.32 Å². The lowest BCUT2D eigenvalue weighted by atomic mass is 9.95. The van der Waals surface area contributed by atoms with Crippen molar-refractivity contribution >= 4 is 15.5 Å². The van der Waals surface area contributed by atoms with E-state index in [-0.39, 0.29) is 11.3 Å².